The third kappa shape index (κ3) is 6.64. The smallest absolute Gasteiger partial charge is 0.261 e. The molecule has 31 heavy (non-hydrogen) atoms. The molecule has 0 aliphatic carbocycles. The maximum Gasteiger partial charge on any atom is 0.261 e. The summed E-state index contributed by atoms with van der Waals surface area (Å²) < 4.78 is 18.8. The number of nitrogens with zero attached hydrogens (tertiary/aromatic N) is 2. The van der Waals surface area contributed by atoms with Gasteiger partial charge in [0.2, 0.25) is 5.91 Å². The van der Waals surface area contributed by atoms with Gasteiger partial charge in [-0.2, -0.15) is 0 Å². The molecule has 7 heteroatoms. The molecule has 0 radical (unpaired) electrons. The summed E-state index contributed by atoms with van der Waals surface area (Å²) in [4.78, 5) is 31.1. The number of aromatic nitrogens is 1. The third-order valence-electron chi connectivity index (χ3n) is 4.73. The van der Waals surface area contributed by atoms with E-state index in [1.807, 2.05) is 24.3 Å². The molecule has 6 nitrogen and oxygen atoms in total. The molecule has 2 aromatic carbocycles. The minimum absolute atomic E-state index is 0.152. The number of carbonyl (C=O) groups excluding carboxylic acids is 2. The van der Waals surface area contributed by atoms with Crippen molar-refractivity contribution >= 4 is 11.8 Å². The SMILES string of the molecule is C[C@@H](C(=O)NCc1cccnc1)N(Cc1ccc(F)cc1)C(=O)COc1ccccc1. The van der Waals surface area contributed by atoms with E-state index in [0.29, 0.717) is 17.9 Å². The lowest BCUT2D eigenvalue weighted by atomic mass is 10.1. The Morgan fingerprint density at radius 2 is 1.77 bits per heavy atom. The molecule has 0 aliphatic rings. The van der Waals surface area contributed by atoms with Gasteiger partial charge in [-0.15, -0.1) is 0 Å². The first-order valence-corrected chi connectivity index (χ1v) is 9.91. The van der Waals surface area contributed by atoms with E-state index < -0.39 is 6.04 Å². The summed E-state index contributed by atoms with van der Waals surface area (Å²) in [6, 6.07) is 17.7. The van der Waals surface area contributed by atoms with Gasteiger partial charge in [-0.1, -0.05) is 36.4 Å². The molecule has 0 saturated carbocycles. The van der Waals surface area contributed by atoms with Crippen LogP contribution in [0.3, 0.4) is 0 Å². The fraction of sp³-hybridized carbons (Fsp3) is 0.208. The molecule has 2 amide bonds. The van der Waals surface area contributed by atoms with Crippen LogP contribution in [-0.2, 0) is 22.7 Å². The Bertz CT molecular complexity index is 982. The van der Waals surface area contributed by atoms with Crippen molar-refractivity contribution < 1.29 is 18.7 Å². The summed E-state index contributed by atoms with van der Waals surface area (Å²) in [5.74, 6) is -0.459. The molecule has 1 atom stereocenters. The number of pyridine rings is 1. The van der Waals surface area contributed by atoms with E-state index in [9.17, 15) is 14.0 Å². The van der Waals surface area contributed by atoms with E-state index in [2.05, 4.69) is 10.3 Å². The molecule has 0 fully saturated rings. The molecule has 1 heterocycles. The summed E-state index contributed by atoms with van der Waals surface area (Å²) >= 11 is 0. The van der Waals surface area contributed by atoms with Crippen LogP contribution < -0.4 is 10.1 Å². The maximum atomic E-state index is 13.3. The van der Waals surface area contributed by atoms with E-state index >= 15 is 0 Å². The largest absolute Gasteiger partial charge is 0.484 e. The van der Waals surface area contributed by atoms with Crippen LogP contribution >= 0.6 is 0 Å². The molecule has 1 N–H and O–H groups in total. The number of halogens is 1. The highest BCUT2D eigenvalue weighted by Gasteiger charge is 2.26. The molecule has 0 spiro atoms. The summed E-state index contributed by atoms with van der Waals surface area (Å²) in [6.45, 7) is 1.89. The Morgan fingerprint density at radius 3 is 2.45 bits per heavy atom. The molecule has 1 aromatic heterocycles. The predicted octanol–water partition coefficient (Wildman–Crippen LogP) is 3.33. The number of rotatable bonds is 9. The molecule has 0 saturated heterocycles. The zero-order chi connectivity index (χ0) is 22.1. The first-order chi connectivity index (χ1) is 15.0. The third-order valence-corrected chi connectivity index (χ3v) is 4.73. The lowest BCUT2D eigenvalue weighted by Gasteiger charge is -2.28. The van der Waals surface area contributed by atoms with E-state index in [-0.39, 0.29) is 30.8 Å². The molecule has 160 valence electrons. The normalized spacial score (nSPS) is 11.4. The highest BCUT2D eigenvalue weighted by Crippen LogP contribution is 2.13. The minimum Gasteiger partial charge on any atom is -0.484 e. The Morgan fingerprint density at radius 1 is 1.03 bits per heavy atom. The van der Waals surface area contributed by atoms with Gasteiger partial charge in [0, 0.05) is 25.5 Å². The monoisotopic (exact) mass is 421 g/mol. The van der Waals surface area contributed by atoms with Gasteiger partial charge in [0.1, 0.15) is 17.6 Å². The first-order valence-electron chi connectivity index (χ1n) is 9.91. The number of hydrogen-bond donors (Lipinski definition) is 1. The van der Waals surface area contributed by atoms with Gasteiger partial charge in [0.15, 0.2) is 6.61 Å². The highest BCUT2D eigenvalue weighted by atomic mass is 19.1. The molecular weight excluding hydrogens is 397 g/mol. The van der Waals surface area contributed by atoms with Gasteiger partial charge >= 0.3 is 0 Å². The van der Waals surface area contributed by atoms with Gasteiger partial charge < -0.3 is 15.0 Å². The Labute approximate surface area is 180 Å². The van der Waals surface area contributed by atoms with Gasteiger partial charge in [0.25, 0.3) is 5.91 Å². The number of ether oxygens (including phenoxy) is 1. The maximum absolute atomic E-state index is 13.3. The van der Waals surface area contributed by atoms with Crippen LogP contribution in [0.1, 0.15) is 18.1 Å². The van der Waals surface area contributed by atoms with Crippen molar-refractivity contribution in [3.63, 3.8) is 0 Å². The van der Waals surface area contributed by atoms with Crippen molar-refractivity contribution in [2.45, 2.75) is 26.1 Å². The molecule has 3 aromatic rings. The number of benzene rings is 2. The number of carbonyl (C=O) groups is 2. The van der Waals surface area contributed by atoms with Crippen LogP contribution in [0.4, 0.5) is 4.39 Å². The quantitative estimate of drug-likeness (QED) is 0.575. The van der Waals surface area contributed by atoms with Crippen LogP contribution in [0.5, 0.6) is 5.75 Å². The molecule has 0 unspecified atom stereocenters. The van der Waals surface area contributed by atoms with E-state index in [0.717, 1.165) is 5.56 Å². The lowest BCUT2D eigenvalue weighted by Crippen LogP contribution is -2.48. The van der Waals surface area contributed by atoms with E-state index in [1.165, 1.54) is 17.0 Å². The summed E-state index contributed by atoms with van der Waals surface area (Å²) in [5, 5.41) is 2.83. The zero-order valence-corrected chi connectivity index (χ0v) is 17.2. The number of para-hydroxylation sites is 1. The standard InChI is InChI=1S/C24H24FN3O3/c1-18(24(30)27-15-20-6-5-13-26-14-20)28(16-19-9-11-21(25)12-10-19)23(29)17-31-22-7-3-2-4-8-22/h2-14,18H,15-17H2,1H3,(H,27,30)/t18-/m0/s1. The minimum atomic E-state index is -0.756. The number of hydrogen-bond acceptors (Lipinski definition) is 4. The second-order valence-electron chi connectivity index (χ2n) is 7.00. The fourth-order valence-corrected chi connectivity index (χ4v) is 2.95. The van der Waals surface area contributed by atoms with E-state index in [1.54, 1.807) is 49.6 Å². The van der Waals surface area contributed by atoms with Crippen LogP contribution in [0.15, 0.2) is 79.1 Å². The topological polar surface area (TPSA) is 71.5 Å². The van der Waals surface area contributed by atoms with Gasteiger partial charge in [-0.25, -0.2) is 4.39 Å². The van der Waals surface area contributed by atoms with E-state index in [4.69, 9.17) is 4.74 Å². The zero-order valence-electron chi connectivity index (χ0n) is 17.2. The summed E-state index contributed by atoms with van der Waals surface area (Å²) in [7, 11) is 0. The average Bonchev–Trinajstić information content (AvgIpc) is 2.81. The number of nitrogens with one attached hydrogen (secondary N) is 1. The van der Waals surface area contributed by atoms with Crippen molar-refractivity contribution in [2.24, 2.45) is 0 Å². The first kappa shape index (κ1) is 22.0. The second-order valence-corrected chi connectivity index (χ2v) is 7.00. The van der Waals surface area contributed by atoms with Crippen LogP contribution in [-0.4, -0.2) is 34.3 Å². The second kappa shape index (κ2) is 10.9. The molecule has 0 aliphatic heterocycles. The van der Waals surface area contributed by atoms with Crippen molar-refractivity contribution in [3.8, 4) is 5.75 Å². The average molecular weight is 421 g/mol. The van der Waals surface area contributed by atoms with Gasteiger partial charge in [-0.05, 0) is 48.4 Å². The van der Waals surface area contributed by atoms with Gasteiger partial charge in [0.05, 0.1) is 0 Å². The Balaban J connectivity index is 1.69. The van der Waals surface area contributed by atoms with Gasteiger partial charge in [-0.3, -0.25) is 14.6 Å². The van der Waals surface area contributed by atoms with Crippen LogP contribution in [0.25, 0.3) is 0 Å². The molecular formula is C24H24FN3O3. The predicted molar refractivity (Wildman–Crippen MR) is 114 cm³/mol. The Kier molecular flexibility index (Phi) is 7.70. The number of amides is 2. The molecule has 0 bridgehead atoms. The Hall–Kier alpha value is -3.74. The van der Waals surface area contributed by atoms with Crippen molar-refractivity contribution in [1.82, 2.24) is 15.2 Å². The molecule has 3 rings (SSSR count). The lowest BCUT2D eigenvalue weighted by molar-refractivity contribution is -0.142. The highest BCUT2D eigenvalue weighted by molar-refractivity contribution is 5.87. The summed E-state index contributed by atoms with van der Waals surface area (Å²) in [5.41, 5.74) is 1.56. The van der Waals surface area contributed by atoms with Crippen molar-refractivity contribution in [1.29, 1.82) is 0 Å². The van der Waals surface area contributed by atoms with Crippen molar-refractivity contribution in [3.05, 3.63) is 96.1 Å². The van der Waals surface area contributed by atoms with Crippen LogP contribution in [0, 0.1) is 5.82 Å². The van der Waals surface area contributed by atoms with Crippen LogP contribution in [0.2, 0.25) is 0 Å². The van der Waals surface area contributed by atoms with Crippen molar-refractivity contribution in [2.75, 3.05) is 6.61 Å². The summed E-state index contributed by atoms with van der Waals surface area (Å²) in [6.07, 6.45) is 3.32. The fourth-order valence-electron chi connectivity index (χ4n) is 2.95.